The number of carboxylic acid groups (broad SMARTS) is 1. The van der Waals surface area contributed by atoms with Crippen LogP contribution in [0.15, 0.2) is 54.7 Å². The molecule has 2 N–H and O–H groups in total. The van der Waals surface area contributed by atoms with E-state index in [-0.39, 0.29) is 5.56 Å². The van der Waals surface area contributed by atoms with Gasteiger partial charge in [0, 0.05) is 22.5 Å². The van der Waals surface area contributed by atoms with Crippen molar-refractivity contribution in [1.29, 1.82) is 0 Å². The molecule has 0 aliphatic heterocycles. The number of aromatic carboxylic acids is 1. The Hall–Kier alpha value is -3.21. The Morgan fingerprint density at radius 1 is 1.09 bits per heavy atom. The molecule has 0 atom stereocenters. The highest BCUT2D eigenvalue weighted by molar-refractivity contribution is 5.99. The maximum Gasteiger partial charge on any atom is 0.335 e. The summed E-state index contributed by atoms with van der Waals surface area (Å²) in [7, 11) is 0. The van der Waals surface area contributed by atoms with Gasteiger partial charge >= 0.3 is 5.97 Å². The Bertz CT molecular complexity index is 1020. The molecular weight excluding hydrogens is 278 g/mol. The second-order valence-electron chi connectivity index (χ2n) is 5.05. The summed E-state index contributed by atoms with van der Waals surface area (Å²) in [6, 6.07) is 14.8. The predicted molar refractivity (Wildman–Crippen MR) is 83.8 cm³/mol. The van der Waals surface area contributed by atoms with Crippen molar-refractivity contribution in [2.75, 3.05) is 0 Å². The third-order valence-electron chi connectivity index (χ3n) is 3.69. The first kappa shape index (κ1) is 12.5. The van der Waals surface area contributed by atoms with Crippen molar-refractivity contribution in [3.63, 3.8) is 0 Å². The molecule has 0 saturated heterocycles. The molecule has 5 heteroatoms. The molecule has 0 unspecified atom stereocenters. The van der Waals surface area contributed by atoms with Crippen LogP contribution < -0.4 is 0 Å². The predicted octanol–water partition coefficient (Wildman–Crippen LogP) is 3.48. The van der Waals surface area contributed by atoms with Crippen LogP contribution in [0.4, 0.5) is 0 Å². The average molecular weight is 289 g/mol. The van der Waals surface area contributed by atoms with Gasteiger partial charge in [0.2, 0.25) is 0 Å². The van der Waals surface area contributed by atoms with Gasteiger partial charge < -0.3 is 5.11 Å². The summed E-state index contributed by atoms with van der Waals surface area (Å²) in [6.45, 7) is 0. The van der Waals surface area contributed by atoms with Gasteiger partial charge in [-0.1, -0.05) is 12.1 Å². The fourth-order valence-electron chi connectivity index (χ4n) is 2.60. The molecule has 0 aliphatic rings. The molecule has 2 heterocycles. The number of hydrogen-bond acceptors (Lipinski definition) is 3. The van der Waals surface area contributed by atoms with Crippen LogP contribution in [0.2, 0.25) is 0 Å². The van der Waals surface area contributed by atoms with Crippen LogP contribution in [-0.4, -0.2) is 26.3 Å². The first-order chi connectivity index (χ1) is 10.7. The molecule has 0 spiro atoms. The molecule has 106 valence electrons. The van der Waals surface area contributed by atoms with Gasteiger partial charge in [0.15, 0.2) is 0 Å². The number of rotatable bonds is 2. The number of H-pyrrole nitrogens is 1. The molecule has 4 aromatic rings. The molecule has 0 saturated carbocycles. The van der Waals surface area contributed by atoms with Gasteiger partial charge in [-0.3, -0.25) is 10.1 Å². The topological polar surface area (TPSA) is 78.9 Å². The fourth-order valence-corrected chi connectivity index (χ4v) is 2.60. The number of aromatic amines is 1. The van der Waals surface area contributed by atoms with E-state index >= 15 is 0 Å². The largest absolute Gasteiger partial charge is 0.478 e. The number of nitrogens with zero attached hydrogens (tertiary/aromatic N) is 2. The van der Waals surface area contributed by atoms with Gasteiger partial charge in [-0.2, -0.15) is 5.10 Å². The molecule has 5 nitrogen and oxygen atoms in total. The smallest absolute Gasteiger partial charge is 0.335 e. The molecule has 0 amide bonds. The minimum Gasteiger partial charge on any atom is -0.478 e. The zero-order valence-corrected chi connectivity index (χ0v) is 11.4. The van der Waals surface area contributed by atoms with E-state index in [1.54, 1.807) is 24.4 Å². The summed E-state index contributed by atoms with van der Waals surface area (Å²) in [5.41, 5.74) is 3.65. The second kappa shape index (κ2) is 4.66. The maximum atomic E-state index is 11.0. The van der Waals surface area contributed by atoms with E-state index in [9.17, 15) is 4.79 Å². The van der Waals surface area contributed by atoms with Crippen molar-refractivity contribution in [1.82, 2.24) is 15.2 Å². The Morgan fingerprint density at radius 3 is 2.86 bits per heavy atom. The maximum absolute atomic E-state index is 11.0. The van der Waals surface area contributed by atoms with Crippen LogP contribution in [0, 0.1) is 0 Å². The first-order valence-corrected chi connectivity index (χ1v) is 6.79. The van der Waals surface area contributed by atoms with E-state index in [1.165, 1.54) is 0 Å². The lowest BCUT2D eigenvalue weighted by atomic mass is 10.0. The van der Waals surface area contributed by atoms with E-state index in [2.05, 4.69) is 15.2 Å². The molecule has 2 aromatic carbocycles. The number of carbonyl (C=O) groups is 1. The second-order valence-corrected chi connectivity index (χ2v) is 5.05. The third-order valence-corrected chi connectivity index (χ3v) is 3.69. The average Bonchev–Trinajstić information content (AvgIpc) is 2.97. The van der Waals surface area contributed by atoms with Gasteiger partial charge in [-0.15, -0.1) is 0 Å². The lowest BCUT2D eigenvalue weighted by Crippen LogP contribution is -1.94. The zero-order valence-electron chi connectivity index (χ0n) is 11.4. The van der Waals surface area contributed by atoms with E-state index < -0.39 is 5.97 Å². The number of pyridine rings is 1. The summed E-state index contributed by atoms with van der Waals surface area (Å²) in [5, 5.41) is 18.2. The molecule has 2 aromatic heterocycles. The van der Waals surface area contributed by atoms with Crippen LogP contribution in [0.1, 0.15) is 10.4 Å². The van der Waals surface area contributed by atoms with Crippen LogP contribution in [0.25, 0.3) is 33.1 Å². The highest BCUT2D eigenvalue weighted by atomic mass is 16.4. The number of aromatic nitrogens is 3. The molecule has 0 bridgehead atoms. The highest BCUT2D eigenvalue weighted by Crippen LogP contribution is 2.28. The quantitative estimate of drug-likeness (QED) is 0.592. The third kappa shape index (κ3) is 1.91. The lowest BCUT2D eigenvalue weighted by Gasteiger charge is -2.01. The summed E-state index contributed by atoms with van der Waals surface area (Å²) in [6.07, 6.45) is 1.76. The molecular formula is C17H11N3O2. The minimum atomic E-state index is -0.949. The molecule has 0 fully saturated rings. The lowest BCUT2D eigenvalue weighted by molar-refractivity contribution is 0.0697. The Balaban J connectivity index is 1.90. The SMILES string of the molecule is O=C(O)c1ccc2c(-c3ccc4ncccc4c3)n[nH]c2c1. The standard InChI is InChI=1S/C17H11N3O2/c21-17(22)12-3-5-13-15(9-12)19-20-16(13)11-4-6-14-10(8-11)2-1-7-18-14/h1-9H,(H,19,20)(H,21,22). The first-order valence-electron chi connectivity index (χ1n) is 6.79. The van der Waals surface area contributed by atoms with Crippen LogP contribution in [0.3, 0.4) is 0 Å². The van der Waals surface area contributed by atoms with Gasteiger partial charge in [0.1, 0.15) is 0 Å². The van der Waals surface area contributed by atoms with Gasteiger partial charge in [0.05, 0.1) is 22.3 Å². The molecule has 0 radical (unpaired) electrons. The van der Waals surface area contributed by atoms with Crippen molar-refractivity contribution in [3.8, 4) is 11.3 Å². The fraction of sp³-hybridized carbons (Fsp3) is 0. The number of carboxylic acids is 1. The normalized spacial score (nSPS) is 11.1. The van der Waals surface area contributed by atoms with Crippen molar-refractivity contribution < 1.29 is 9.90 Å². The number of nitrogens with one attached hydrogen (secondary N) is 1. The summed E-state index contributed by atoms with van der Waals surface area (Å²) >= 11 is 0. The van der Waals surface area contributed by atoms with Crippen molar-refractivity contribution in [2.24, 2.45) is 0 Å². The Labute approximate surface area is 125 Å². The van der Waals surface area contributed by atoms with Gasteiger partial charge in [0.25, 0.3) is 0 Å². The van der Waals surface area contributed by atoms with Crippen LogP contribution in [0.5, 0.6) is 0 Å². The van der Waals surface area contributed by atoms with E-state index in [0.717, 1.165) is 27.5 Å². The zero-order chi connectivity index (χ0) is 15.1. The summed E-state index contributed by atoms with van der Waals surface area (Å²) in [5.74, 6) is -0.949. The number of benzene rings is 2. The monoisotopic (exact) mass is 289 g/mol. The minimum absolute atomic E-state index is 0.241. The van der Waals surface area contributed by atoms with Crippen molar-refractivity contribution in [3.05, 3.63) is 60.3 Å². The Kier molecular flexibility index (Phi) is 2.66. The summed E-state index contributed by atoms with van der Waals surface area (Å²) in [4.78, 5) is 15.3. The molecule has 0 aliphatic carbocycles. The van der Waals surface area contributed by atoms with Crippen LogP contribution in [-0.2, 0) is 0 Å². The highest BCUT2D eigenvalue weighted by Gasteiger charge is 2.11. The van der Waals surface area contributed by atoms with Crippen molar-refractivity contribution in [2.45, 2.75) is 0 Å². The van der Waals surface area contributed by atoms with Gasteiger partial charge in [-0.05, 0) is 36.4 Å². The summed E-state index contributed by atoms with van der Waals surface area (Å²) < 4.78 is 0. The van der Waals surface area contributed by atoms with E-state index in [4.69, 9.17) is 5.11 Å². The van der Waals surface area contributed by atoms with Crippen molar-refractivity contribution >= 4 is 27.8 Å². The van der Waals surface area contributed by atoms with E-state index in [0.29, 0.717) is 5.52 Å². The van der Waals surface area contributed by atoms with Crippen LogP contribution >= 0.6 is 0 Å². The van der Waals surface area contributed by atoms with Gasteiger partial charge in [-0.25, -0.2) is 4.79 Å². The molecule has 4 rings (SSSR count). The van der Waals surface area contributed by atoms with E-state index in [1.807, 2.05) is 30.3 Å². The Morgan fingerprint density at radius 2 is 2.00 bits per heavy atom. The molecule has 22 heavy (non-hydrogen) atoms. The number of fused-ring (bicyclic) bond motifs is 2. The number of hydrogen-bond donors (Lipinski definition) is 2.